The number of nitrogens with zero attached hydrogens (tertiary/aromatic N) is 4. The summed E-state index contributed by atoms with van der Waals surface area (Å²) in [5.74, 6) is -2.59. The van der Waals surface area contributed by atoms with E-state index >= 15 is 0 Å². The minimum atomic E-state index is -0.964. The highest BCUT2D eigenvalue weighted by Crippen LogP contribution is 2.37. The lowest BCUT2D eigenvalue weighted by Crippen LogP contribution is -2.16. The lowest BCUT2D eigenvalue weighted by Gasteiger charge is -2.14. The predicted molar refractivity (Wildman–Crippen MR) is 128 cm³/mol. The molecule has 0 fully saturated rings. The molecule has 0 aliphatic carbocycles. The number of nitrogens with one attached hydrogen (secondary N) is 1. The summed E-state index contributed by atoms with van der Waals surface area (Å²) in [7, 11) is 3.24. The van der Waals surface area contributed by atoms with Gasteiger partial charge < -0.3 is 10.1 Å². The van der Waals surface area contributed by atoms with Crippen LogP contribution >= 0.6 is 0 Å². The first-order chi connectivity index (χ1) is 17.0. The van der Waals surface area contributed by atoms with Crippen LogP contribution in [0.2, 0.25) is 0 Å². The fourth-order valence-electron chi connectivity index (χ4n) is 3.94. The summed E-state index contributed by atoms with van der Waals surface area (Å²) in [5, 5.41) is 7.77. The van der Waals surface area contributed by atoms with Crippen molar-refractivity contribution in [3.05, 3.63) is 90.4 Å². The van der Waals surface area contributed by atoms with Crippen molar-refractivity contribution >= 4 is 22.5 Å². The second kappa shape index (κ2) is 8.94. The second-order valence-electron chi connectivity index (χ2n) is 7.77. The van der Waals surface area contributed by atoms with Gasteiger partial charge in [-0.05, 0) is 18.2 Å². The van der Waals surface area contributed by atoms with Crippen LogP contribution in [0.4, 0.5) is 14.5 Å². The Balaban J connectivity index is 1.65. The lowest BCUT2D eigenvalue weighted by molar-refractivity contribution is 0.101. The molecule has 174 valence electrons. The zero-order valence-corrected chi connectivity index (χ0v) is 18.8. The van der Waals surface area contributed by atoms with Crippen LogP contribution in [0.3, 0.4) is 0 Å². The lowest BCUT2D eigenvalue weighted by atomic mass is 10.0. The number of fused-ring (bicyclic) bond motifs is 1. The SMILES string of the molecule is COc1cc2ncnc(-c3cn(C)nc3-c3ccccc3)c2cc1NC(=O)c1c(F)cccc1F. The first-order valence-electron chi connectivity index (χ1n) is 10.6. The number of halogens is 2. The van der Waals surface area contributed by atoms with Crippen molar-refractivity contribution in [3.63, 3.8) is 0 Å². The zero-order chi connectivity index (χ0) is 24.5. The van der Waals surface area contributed by atoms with E-state index in [1.54, 1.807) is 16.8 Å². The monoisotopic (exact) mass is 471 g/mol. The van der Waals surface area contributed by atoms with E-state index in [0.717, 1.165) is 29.0 Å². The van der Waals surface area contributed by atoms with Gasteiger partial charge in [0.2, 0.25) is 0 Å². The molecule has 0 aliphatic heterocycles. The van der Waals surface area contributed by atoms with Crippen molar-refractivity contribution in [1.29, 1.82) is 0 Å². The Hall–Kier alpha value is -4.66. The molecule has 9 heteroatoms. The molecule has 2 aromatic heterocycles. The molecule has 5 rings (SSSR count). The van der Waals surface area contributed by atoms with E-state index in [0.29, 0.717) is 16.6 Å². The molecule has 0 saturated heterocycles. The van der Waals surface area contributed by atoms with E-state index < -0.39 is 23.1 Å². The normalized spacial score (nSPS) is 11.0. The molecule has 0 spiro atoms. The number of ether oxygens (including phenoxy) is 1. The number of rotatable bonds is 5. The van der Waals surface area contributed by atoms with E-state index in [4.69, 9.17) is 4.74 Å². The maximum atomic E-state index is 14.2. The fourth-order valence-corrected chi connectivity index (χ4v) is 3.94. The Bertz CT molecular complexity index is 1550. The van der Waals surface area contributed by atoms with Gasteiger partial charge in [-0.2, -0.15) is 5.10 Å². The van der Waals surface area contributed by atoms with Crippen LogP contribution in [0.1, 0.15) is 10.4 Å². The van der Waals surface area contributed by atoms with Crippen LogP contribution in [0.5, 0.6) is 5.75 Å². The molecule has 0 bridgehead atoms. The molecule has 0 atom stereocenters. The first-order valence-corrected chi connectivity index (χ1v) is 10.6. The maximum Gasteiger partial charge on any atom is 0.261 e. The number of amides is 1. The maximum absolute atomic E-state index is 14.2. The Kier molecular flexibility index (Phi) is 5.66. The molecule has 1 N–H and O–H groups in total. The van der Waals surface area contributed by atoms with Crippen LogP contribution in [-0.2, 0) is 7.05 Å². The van der Waals surface area contributed by atoms with E-state index in [9.17, 15) is 13.6 Å². The van der Waals surface area contributed by atoms with Crippen LogP contribution in [-0.4, -0.2) is 32.8 Å². The molecule has 0 saturated carbocycles. The van der Waals surface area contributed by atoms with Gasteiger partial charge in [-0.25, -0.2) is 18.7 Å². The number of anilines is 1. The third-order valence-electron chi connectivity index (χ3n) is 5.53. The number of hydrogen-bond donors (Lipinski definition) is 1. The molecular formula is C26H19F2N5O2. The van der Waals surface area contributed by atoms with Crippen molar-refractivity contribution in [1.82, 2.24) is 19.7 Å². The van der Waals surface area contributed by atoms with Crippen LogP contribution in [0.15, 0.2) is 73.2 Å². The topological polar surface area (TPSA) is 81.9 Å². The highest BCUT2D eigenvalue weighted by Gasteiger charge is 2.21. The van der Waals surface area contributed by atoms with Gasteiger partial charge in [0.1, 0.15) is 35.0 Å². The van der Waals surface area contributed by atoms with Crippen molar-refractivity contribution in [2.45, 2.75) is 0 Å². The minimum absolute atomic E-state index is 0.217. The first kappa shape index (κ1) is 22.1. The molecule has 1 amide bonds. The Morgan fingerprint density at radius 1 is 0.971 bits per heavy atom. The summed E-state index contributed by atoms with van der Waals surface area (Å²) in [4.78, 5) is 21.6. The highest BCUT2D eigenvalue weighted by atomic mass is 19.1. The van der Waals surface area contributed by atoms with Crippen LogP contribution < -0.4 is 10.1 Å². The predicted octanol–water partition coefficient (Wildman–Crippen LogP) is 5.24. The van der Waals surface area contributed by atoms with E-state index in [2.05, 4.69) is 20.4 Å². The van der Waals surface area contributed by atoms with E-state index in [1.807, 2.05) is 43.6 Å². The number of aryl methyl sites for hydroxylation is 1. The summed E-state index contributed by atoms with van der Waals surface area (Å²) >= 11 is 0. The summed E-state index contributed by atoms with van der Waals surface area (Å²) in [6.07, 6.45) is 3.28. The highest BCUT2D eigenvalue weighted by molar-refractivity contribution is 6.07. The summed E-state index contributed by atoms with van der Waals surface area (Å²) in [6, 6.07) is 16.2. The van der Waals surface area contributed by atoms with Gasteiger partial charge in [-0.1, -0.05) is 36.4 Å². The van der Waals surface area contributed by atoms with Crippen LogP contribution in [0.25, 0.3) is 33.4 Å². The third kappa shape index (κ3) is 4.08. The van der Waals surface area contributed by atoms with Gasteiger partial charge in [0.25, 0.3) is 5.91 Å². The molecular weight excluding hydrogens is 452 g/mol. The van der Waals surface area contributed by atoms with Crippen molar-refractivity contribution < 1.29 is 18.3 Å². The van der Waals surface area contributed by atoms with Gasteiger partial charge >= 0.3 is 0 Å². The number of benzene rings is 3. The molecule has 7 nitrogen and oxygen atoms in total. The van der Waals surface area contributed by atoms with Gasteiger partial charge in [0.05, 0.1) is 24.0 Å². The summed E-state index contributed by atoms with van der Waals surface area (Å²) in [5.41, 5.74) is 3.07. The summed E-state index contributed by atoms with van der Waals surface area (Å²) < 4.78 is 35.4. The van der Waals surface area contributed by atoms with E-state index in [-0.39, 0.29) is 11.4 Å². The number of aromatic nitrogens is 4. The Labute approximate surface area is 199 Å². The third-order valence-corrected chi connectivity index (χ3v) is 5.53. The standard InChI is InChI=1S/C26H19F2N5O2/c1-33-13-17(24(32-33)15-7-4-3-5-8-15)25-16-11-21(22(35-2)12-20(16)29-14-30-25)31-26(34)23-18(27)9-6-10-19(23)28/h3-14H,1-2H3,(H,31,34). The largest absolute Gasteiger partial charge is 0.494 e. The number of hydrogen-bond acceptors (Lipinski definition) is 5. The van der Waals surface area contributed by atoms with Crippen molar-refractivity contribution in [3.8, 4) is 28.3 Å². The average molecular weight is 471 g/mol. The molecule has 0 aliphatic rings. The quantitative estimate of drug-likeness (QED) is 0.379. The number of methoxy groups -OCH3 is 1. The van der Waals surface area contributed by atoms with Crippen molar-refractivity contribution in [2.75, 3.05) is 12.4 Å². The van der Waals surface area contributed by atoms with Gasteiger partial charge in [0.15, 0.2) is 0 Å². The smallest absolute Gasteiger partial charge is 0.261 e. The number of carbonyl (C=O) groups is 1. The molecule has 35 heavy (non-hydrogen) atoms. The molecule has 0 unspecified atom stereocenters. The second-order valence-corrected chi connectivity index (χ2v) is 7.77. The summed E-state index contributed by atoms with van der Waals surface area (Å²) in [6.45, 7) is 0. The average Bonchev–Trinajstić information content (AvgIpc) is 3.25. The van der Waals surface area contributed by atoms with Gasteiger partial charge in [0, 0.05) is 35.8 Å². The fraction of sp³-hybridized carbons (Fsp3) is 0.0769. The Morgan fingerprint density at radius 2 is 1.71 bits per heavy atom. The molecule has 5 aromatic rings. The van der Waals surface area contributed by atoms with Gasteiger partial charge in [-0.3, -0.25) is 9.48 Å². The Morgan fingerprint density at radius 3 is 2.43 bits per heavy atom. The molecule has 3 aromatic carbocycles. The van der Waals surface area contributed by atoms with E-state index in [1.165, 1.54) is 19.5 Å². The minimum Gasteiger partial charge on any atom is -0.494 e. The zero-order valence-electron chi connectivity index (χ0n) is 18.8. The van der Waals surface area contributed by atoms with Crippen molar-refractivity contribution in [2.24, 2.45) is 7.05 Å². The van der Waals surface area contributed by atoms with Gasteiger partial charge in [-0.15, -0.1) is 0 Å². The number of carbonyl (C=O) groups excluding carboxylic acids is 1. The van der Waals surface area contributed by atoms with Crippen LogP contribution in [0, 0.1) is 11.6 Å². The molecule has 2 heterocycles. The molecule has 0 radical (unpaired) electrons.